The average molecular weight is 375 g/mol. The SMILES string of the molecule is CC(=O)NC1=CC(=NS(=O)(=O)c2ccc(C)cc2)C=C(NC(C)=O)C1=O. The van der Waals surface area contributed by atoms with Crippen LogP contribution in [0.2, 0.25) is 0 Å². The Morgan fingerprint density at radius 3 is 1.81 bits per heavy atom. The van der Waals surface area contributed by atoms with Crippen molar-refractivity contribution in [2.24, 2.45) is 4.40 Å². The van der Waals surface area contributed by atoms with Crippen LogP contribution >= 0.6 is 0 Å². The summed E-state index contributed by atoms with van der Waals surface area (Å²) >= 11 is 0. The van der Waals surface area contributed by atoms with Crippen molar-refractivity contribution < 1.29 is 22.8 Å². The van der Waals surface area contributed by atoms with E-state index in [0.717, 1.165) is 17.7 Å². The molecule has 2 N–H and O–H groups in total. The molecule has 0 aromatic heterocycles. The van der Waals surface area contributed by atoms with Gasteiger partial charge in [0.2, 0.25) is 17.6 Å². The molecular weight excluding hydrogens is 358 g/mol. The number of allylic oxidation sites excluding steroid dienone is 2. The average Bonchev–Trinajstić information content (AvgIpc) is 2.51. The van der Waals surface area contributed by atoms with Crippen molar-refractivity contribution in [2.75, 3.05) is 0 Å². The highest BCUT2D eigenvalue weighted by atomic mass is 32.2. The summed E-state index contributed by atoms with van der Waals surface area (Å²) in [5.74, 6) is -1.69. The normalized spacial score (nSPS) is 14.3. The quantitative estimate of drug-likeness (QED) is 0.752. The lowest BCUT2D eigenvalue weighted by atomic mass is 10.1. The molecule has 9 heteroatoms. The molecule has 136 valence electrons. The van der Waals surface area contributed by atoms with Gasteiger partial charge in [0.25, 0.3) is 10.0 Å². The minimum absolute atomic E-state index is 0.0172. The zero-order valence-electron chi connectivity index (χ0n) is 14.4. The van der Waals surface area contributed by atoms with E-state index in [-0.39, 0.29) is 22.0 Å². The van der Waals surface area contributed by atoms with Crippen LogP contribution in [0, 0.1) is 6.92 Å². The predicted octanol–water partition coefficient (Wildman–Crippen LogP) is 0.747. The number of hydrogen-bond acceptors (Lipinski definition) is 5. The van der Waals surface area contributed by atoms with E-state index >= 15 is 0 Å². The minimum atomic E-state index is -4.04. The highest BCUT2D eigenvalue weighted by Gasteiger charge is 2.24. The second kappa shape index (κ2) is 7.44. The van der Waals surface area contributed by atoms with E-state index in [1.807, 2.05) is 6.92 Å². The first kappa shape index (κ1) is 19.3. The summed E-state index contributed by atoms with van der Waals surface area (Å²) in [6.45, 7) is 4.22. The molecule has 2 amide bonds. The zero-order chi connectivity index (χ0) is 19.5. The smallest absolute Gasteiger partial charge is 0.282 e. The Labute approximate surface area is 150 Å². The zero-order valence-corrected chi connectivity index (χ0v) is 15.2. The van der Waals surface area contributed by atoms with Gasteiger partial charge in [0.05, 0.1) is 22.0 Å². The van der Waals surface area contributed by atoms with Crippen LogP contribution in [0.25, 0.3) is 0 Å². The molecule has 0 heterocycles. The van der Waals surface area contributed by atoms with Gasteiger partial charge < -0.3 is 10.6 Å². The van der Waals surface area contributed by atoms with Crippen molar-refractivity contribution in [1.29, 1.82) is 0 Å². The summed E-state index contributed by atoms with van der Waals surface area (Å²) in [5.41, 5.74) is 0.432. The molecule has 1 aromatic carbocycles. The number of Topliss-reactive ketones (excluding diaryl/α,β-unsaturated/α-hetero) is 1. The topological polar surface area (TPSA) is 122 Å². The number of aryl methyl sites for hydroxylation is 1. The Hall–Kier alpha value is -3.07. The number of amides is 2. The molecular formula is C17H17N3O5S. The van der Waals surface area contributed by atoms with Gasteiger partial charge in [-0.15, -0.1) is 0 Å². The molecule has 0 radical (unpaired) electrons. The fraction of sp³-hybridized carbons (Fsp3) is 0.176. The first-order valence-corrected chi connectivity index (χ1v) is 8.97. The fourth-order valence-electron chi connectivity index (χ4n) is 2.13. The molecule has 0 aliphatic heterocycles. The number of sulfonamides is 1. The van der Waals surface area contributed by atoms with Crippen LogP contribution in [0.3, 0.4) is 0 Å². The lowest BCUT2D eigenvalue weighted by Gasteiger charge is -2.15. The van der Waals surface area contributed by atoms with Crippen LogP contribution in [-0.2, 0) is 24.4 Å². The Kier molecular flexibility index (Phi) is 5.51. The molecule has 0 spiro atoms. The second-order valence-corrected chi connectivity index (χ2v) is 7.22. The molecule has 1 aliphatic carbocycles. The minimum Gasteiger partial charge on any atom is -0.323 e. The number of benzene rings is 1. The van der Waals surface area contributed by atoms with E-state index in [0.29, 0.717) is 0 Å². The standard InChI is InChI=1S/C17H17N3O5S/c1-10-4-6-14(7-5-10)26(24,25)20-13-8-15(18-11(2)21)17(23)16(9-13)19-12(3)22/h4-9H,1-3H3,(H,18,21)(H,19,22). The number of carbonyl (C=O) groups is 3. The molecule has 0 saturated carbocycles. The Balaban J connectivity index is 2.50. The summed E-state index contributed by atoms with van der Waals surface area (Å²) < 4.78 is 28.6. The number of nitrogens with zero attached hydrogens (tertiary/aromatic N) is 1. The number of nitrogens with one attached hydrogen (secondary N) is 2. The largest absolute Gasteiger partial charge is 0.323 e. The Morgan fingerprint density at radius 1 is 0.923 bits per heavy atom. The Bertz CT molecular complexity index is 932. The fourth-order valence-corrected chi connectivity index (χ4v) is 3.10. The second-order valence-electron chi connectivity index (χ2n) is 5.61. The van der Waals surface area contributed by atoms with Crippen molar-refractivity contribution >= 4 is 33.3 Å². The summed E-state index contributed by atoms with van der Waals surface area (Å²) in [7, 11) is -4.04. The monoisotopic (exact) mass is 375 g/mol. The lowest BCUT2D eigenvalue weighted by molar-refractivity contribution is -0.121. The highest BCUT2D eigenvalue weighted by molar-refractivity contribution is 7.90. The van der Waals surface area contributed by atoms with Crippen molar-refractivity contribution in [3.63, 3.8) is 0 Å². The van der Waals surface area contributed by atoms with Gasteiger partial charge in [-0.25, -0.2) is 0 Å². The van der Waals surface area contributed by atoms with Crippen LogP contribution < -0.4 is 10.6 Å². The van der Waals surface area contributed by atoms with Gasteiger partial charge in [0, 0.05) is 13.8 Å². The summed E-state index contributed by atoms with van der Waals surface area (Å²) in [5, 5.41) is 4.61. The molecule has 8 nitrogen and oxygen atoms in total. The molecule has 0 atom stereocenters. The summed E-state index contributed by atoms with van der Waals surface area (Å²) in [6, 6.07) is 6.10. The molecule has 1 aromatic rings. The molecule has 0 unspecified atom stereocenters. The number of rotatable bonds is 4. The first-order chi connectivity index (χ1) is 12.1. The predicted molar refractivity (Wildman–Crippen MR) is 94.6 cm³/mol. The molecule has 2 rings (SSSR count). The van der Waals surface area contributed by atoms with Crippen molar-refractivity contribution in [2.45, 2.75) is 25.7 Å². The molecule has 0 bridgehead atoms. The maximum atomic E-state index is 12.4. The van der Waals surface area contributed by atoms with Gasteiger partial charge >= 0.3 is 0 Å². The van der Waals surface area contributed by atoms with E-state index in [1.54, 1.807) is 12.1 Å². The molecule has 0 fully saturated rings. The number of hydrogen-bond donors (Lipinski definition) is 2. The van der Waals surface area contributed by atoms with E-state index in [4.69, 9.17) is 0 Å². The van der Waals surface area contributed by atoms with Gasteiger partial charge in [-0.2, -0.15) is 12.8 Å². The highest BCUT2D eigenvalue weighted by Crippen LogP contribution is 2.16. The van der Waals surface area contributed by atoms with Gasteiger partial charge in [0.15, 0.2) is 0 Å². The molecule has 0 saturated heterocycles. The first-order valence-electron chi connectivity index (χ1n) is 7.53. The van der Waals surface area contributed by atoms with Crippen molar-refractivity contribution in [1.82, 2.24) is 10.6 Å². The van der Waals surface area contributed by atoms with Gasteiger partial charge in [-0.05, 0) is 31.2 Å². The maximum Gasteiger partial charge on any atom is 0.282 e. The van der Waals surface area contributed by atoms with Crippen molar-refractivity contribution in [3.05, 3.63) is 53.4 Å². The van der Waals surface area contributed by atoms with Crippen LogP contribution in [0.1, 0.15) is 19.4 Å². The maximum absolute atomic E-state index is 12.4. The van der Waals surface area contributed by atoms with Crippen LogP contribution in [-0.4, -0.2) is 31.7 Å². The van der Waals surface area contributed by atoms with Gasteiger partial charge in [-0.1, -0.05) is 17.7 Å². The van der Waals surface area contributed by atoms with Crippen LogP contribution in [0.15, 0.2) is 57.1 Å². The molecule has 1 aliphatic rings. The van der Waals surface area contributed by atoms with Crippen molar-refractivity contribution in [3.8, 4) is 0 Å². The Morgan fingerprint density at radius 2 is 1.38 bits per heavy atom. The van der Waals surface area contributed by atoms with Crippen LogP contribution in [0.4, 0.5) is 0 Å². The molecule has 26 heavy (non-hydrogen) atoms. The summed E-state index contributed by atoms with van der Waals surface area (Å²) in [6.07, 6.45) is 2.28. The van der Waals surface area contributed by atoms with Crippen LogP contribution in [0.5, 0.6) is 0 Å². The van der Waals surface area contributed by atoms with E-state index < -0.39 is 27.6 Å². The third-order valence-corrected chi connectivity index (χ3v) is 4.56. The lowest BCUT2D eigenvalue weighted by Crippen LogP contribution is -2.35. The number of carbonyl (C=O) groups excluding carboxylic acids is 3. The van der Waals surface area contributed by atoms with E-state index in [2.05, 4.69) is 15.0 Å². The van der Waals surface area contributed by atoms with E-state index in [9.17, 15) is 22.8 Å². The third-order valence-electron chi connectivity index (χ3n) is 3.24. The number of ketones is 1. The third kappa shape index (κ3) is 4.73. The summed E-state index contributed by atoms with van der Waals surface area (Å²) in [4.78, 5) is 34.8. The van der Waals surface area contributed by atoms with E-state index in [1.165, 1.54) is 26.0 Å². The van der Waals surface area contributed by atoms with Gasteiger partial charge in [-0.3, -0.25) is 14.4 Å². The van der Waals surface area contributed by atoms with Gasteiger partial charge in [0.1, 0.15) is 0 Å².